The molecule has 8 heteroatoms. The number of fused-ring (bicyclic) bond motifs is 1. The summed E-state index contributed by atoms with van der Waals surface area (Å²) >= 11 is 12.0. The minimum atomic E-state index is -0.541. The van der Waals surface area contributed by atoms with Gasteiger partial charge in [-0.3, -0.25) is 9.59 Å². The monoisotopic (exact) mass is 374 g/mol. The van der Waals surface area contributed by atoms with Gasteiger partial charge in [0.25, 0.3) is 11.5 Å². The number of amides is 1. The number of halogens is 2. The van der Waals surface area contributed by atoms with Crippen LogP contribution in [0.1, 0.15) is 16.1 Å². The molecule has 3 rings (SSSR count). The first kappa shape index (κ1) is 17.1. The normalized spacial score (nSPS) is 11.2. The number of aromatic nitrogens is 2. The van der Waals surface area contributed by atoms with Gasteiger partial charge in [-0.1, -0.05) is 53.5 Å². The van der Waals surface area contributed by atoms with Crippen LogP contribution in [0.2, 0.25) is 10.0 Å². The van der Waals surface area contributed by atoms with E-state index < -0.39 is 5.91 Å². The lowest BCUT2D eigenvalue weighted by molar-refractivity contribution is 0.0950. The van der Waals surface area contributed by atoms with Crippen molar-refractivity contribution in [2.24, 2.45) is 12.1 Å². The minimum Gasteiger partial charge on any atom is -0.267 e. The number of hydrogen-bond donors (Lipinski definition) is 1. The van der Waals surface area contributed by atoms with Crippen LogP contribution in [-0.2, 0) is 7.05 Å². The maximum atomic E-state index is 12.4. The van der Waals surface area contributed by atoms with Crippen LogP contribution in [-0.4, -0.2) is 21.9 Å². The molecule has 1 aromatic heterocycles. The summed E-state index contributed by atoms with van der Waals surface area (Å²) in [6.45, 7) is 0. The summed E-state index contributed by atoms with van der Waals surface area (Å²) < 4.78 is 1.12. The van der Waals surface area contributed by atoms with Gasteiger partial charge in [-0.05, 0) is 12.1 Å². The van der Waals surface area contributed by atoms with Gasteiger partial charge in [0.1, 0.15) is 0 Å². The van der Waals surface area contributed by atoms with E-state index in [1.807, 2.05) is 0 Å². The number of carbonyl (C=O) groups is 1. The zero-order valence-electron chi connectivity index (χ0n) is 13.0. The van der Waals surface area contributed by atoms with E-state index >= 15 is 0 Å². The van der Waals surface area contributed by atoms with Crippen LogP contribution in [0.15, 0.2) is 52.4 Å². The largest absolute Gasteiger partial charge is 0.292 e. The highest BCUT2D eigenvalue weighted by Gasteiger charge is 2.14. The fourth-order valence-electron chi connectivity index (χ4n) is 2.30. The zero-order chi connectivity index (χ0) is 18.0. The number of rotatable bonds is 3. The predicted molar refractivity (Wildman–Crippen MR) is 98.5 cm³/mol. The minimum absolute atomic E-state index is 0.104. The van der Waals surface area contributed by atoms with Crippen LogP contribution in [0.25, 0.3) is 10.8 Å². The fraction of sp³-hybridized carbons (Fsp3) is 0.0588. The highest BCUT2D eigenvalue weighted by molar-refractivity contribution is 6.43. The van der Waals surface area contributed by atoms with Crippen molar-refractivity contribution >= 4 is 46.1 Å². The van der Waals surface area contributed by atoms with Crippen molar-refractivity contribution in [2.75, 3.05) is 0 Å². The van der Waals surface area contributed by atoms with Gasteiger partial charge in [0, 0.05) is 18.0 Å². The molecule has 1 heterocycles. The predicted octanol–water partition coefficient (Wildman–Crippen LogP) is 3.00. The molecule has 3 aromatic rings. The summed E-state index contributed by atoms with van der Waals surface area (Å²) in [5, 5.41) is 9.51. The van der Waals surface area contributed by atoms with E-state index in [1.165, 1.54) is 13.3 Å². The molecule has 0 aliphatic rings. The fourth-order valence-corrected chi connectivity index (χ4v) is 2.66. The number of benzene rings is 2. The summed E-state index contributed by atoms with van der Waals surface area (Å²) in [5.74, 6) is -0.541. The third kappa shape index (κ3) is 3.40. The first-order chi connectivity index (χ1) is 12.0. The Hall–Kier alpha value is -2.70. The molecule has 2 aromatic carbocycles. The van der Waals surface area contributed by atoms with Crippen LogP contribution < -0.4 is 11.0 Å². The molecule has 0 spiro atoms. The molecule has 0 aliphatic carbocycles. The SMILES string of the molecule is Cn1nc(C(=O)N/N=C/c2cccc(Cl)c2Cl)c2ccccc2c1=O. The molecule has 1 amide bonds. The van der Waals surface area contributed by atoms with Crippen molar-refractivity contribution in [3.05, 3.63) is 74.1 Å². The smallest absolute Gasteiger partial charge is 0.267 e. The van der Waals surface area contributed by atoms with Gasteiger partial charge < -0.3 is 0 Å². The molecule has 0 radical (unpaired) electrons. The molecule has 25 heavy (non-hydrogen) atoms. The number of carbonyl (C=O) groups excluding carboxylic acids is 1. The Bertz CT molecular complexity index is 1060. The molecule has 6 nitrogen and oxygen atoms in total. The average Bonchev–Trinajstić information content (AvgIpc) is 2.61. The Kier molecular flexibility index (Phi) is 4.83. The third-order valence-corrected chi connectivity index (χ3v) is 4.36. The van der Waals surface area contributed by atoms with Crippen molar-refractivity contribution < 1.29 is 4.79 Å². The molecule has 0 unspecified atom stereocenters. The number of aryl methyl sites for hydroxylation is 1. The van der Waals surface area contributed by atoms with Crippen LogP contribution >= 0.6 is 23.2 Å². The van der Waals surface area contributed by atoms with Crippen LogP contribution in [0, 0.1) is 0 Å². The molecule has 1 N–H and O–H groups in total. The molecule has 0 aliphatic heterocycles. The highest BCUT2D eigenvalue weighted by atomic mass is 35.5. The van der Waals surface area contributed by atoms with Crippen molar-refractivity contribution in [3.8, 4) is 0 Å². The molecule has 0 saturated heterocycles. The molecule has 0 saturated carbocycles. The van der Waals surface area contributed by atoms with E-state index in [9.17, 15) is 9.59 Å². The number of nitrogens with one attached hydrogen (secondary N) is 1. The molecule has 0 atom stereocenters. The molecule has 0 bridgehead atoms. The van der Waals surface area contributed by atoms with Crippen molar-refractivity contribution in [1.82, 2.24) is 15.2 Å². The maximum absolute atomic E-state index is 12.4. The summed E-state index contributed by atoms with van der Waals surface area (Å²) in [5.41, 5.74) is 2.77. The topological polar surface area (TPSA) is 76.3 Å². The van der Waals surface area contributed by atoms with Gasteiger partial charge in [-0.2, -0.15) is 10.2 Å². The van der Waals surface area contributed by atoms with E-state index in [0.29, 0.717) is 26.4 Å². The number of hydrogen-bond acceptors (Lipinski definition) is 4. The Morgan fingerprint density at radius 3 is 2.64 bits per heavy atom. The number of nitrogens with zero attached hydrogens (tertiary/aromatic N) is 3. The lowest BCUT2D eigenvalue weighted by Gasteiger charge is -2.06. The van der Waals surface area contributed by atoms with Crippen LogP contribution in [0.3, 0.4) is 0 Å². The van der Waals surface area contributed by atoms with E-state index in [2.05, 4.69) is 15.6 Å². The Morgan fingerprint density at radius 1 is 1.16 bits per heavy atom. The Labute approximate surface area is 152 Å². The summed E-state index contributed by atoms with van der Waals surface area (Å²) in [6.07, 6.45) is 1.39. The highest BCUT2D eigenvalue weighted by Crippen LogP contribution is 2.24. The molecule has 126 valence electrons. The van der Waals surface area contributed by atoms with Crippen LogP contribution in [0.5, 0.6) is 0 Å². The van der Waals surface area contributed by atoms with Crippen molar-refractivity contribution in [2.45, 2.75) is 0 Å². The average molecular weight is 375 g/mol. The van der Waals surface area contributed by atoms with Gasteiger partial charge in [0.15, 0.2) is 5.69 Å². The second kappa shape index (κ2) is 7.04. The quantitative estimate of drug-likeness (QED) is 0.565. The Balaban J connectivity index is 1.91. The van der Waals surface area contributed by atoms with E-state index in [1.54, 1.807) is 42.5 Å². The van der Waals surface area contributed by atoms with Crippen molar-refractivity contribution in [1.29, 1.82) is 0 Å². The zero-order valence-corrected chi connectivity index (χ0v) is 14.5. The van der Waals surface area contributed by atoms with Gasteiger partial charge in [-0.25, -0.2) is 10.1 Å². The van der Waals surface area contributed by atoms with Gasteiger partial charge in [-0.15, -0.1) is 0 Å². The first-order valence-electron chi connectivity index (χ1n) is 7.22. The van der Waals surface area contributed by atoms with E-state index in [0.717, 1.165) is 4.68 Å². The first-order valence-corrected chi connectivity index (χ1v) is 7.98. The molecular formula is C17H12Cl2N4O2. The van der Waals surface area contributed by atoms with Gasteiger partial charge >= 0.3 is 0 Å². The number of hydrazone groups is 1. The van der Waals surface area contributed by atoms with Gasteiger partial charge in [0.2, 0.25) is 0 Å². The van der Waals surface area contributed by atoms with E-state index in [4.69, 9.17) is 23.2 Å². The summed E-state index contributed by atoms with van der Waals surface area (Å²) in [7, 11) is 1.49. The summed E-state index contributed by atoms with van der Waals surface area (Å²) in [6, 6.07) is 11.9. The third-order valence-electron chi connectivity index (χ3n) is 3.52. The lowest BCUT2D eigenvalue weighted by Crippen LogP contribution is -2.27. The molecular weight excluding hydrogens is 363 g/mol. The summed E-state index contributed by atoms with van der Waals surface area (Å²) in [4.78, 5) is 24.5. The van der Waals surface area contributed by atoms with Crippen molar-refractivity contribution in [3.63, 3.8) is 0 Å². The second-order valence-corrected chi connectivity index (χ2v) is 5.95. The standard InChI is InChI=1S/C17H12Cl2N4O2/c1-23-17(25)12-7-3-2-6-11(12)15(22-23)16(24)21-20-9-10-5-4-8-13(18)14(10)19/h2-9H,1H3,(H,21,24)/b20-9+. The van der Waals surface area contributed by atoms with Gasteiger partial charge in [0.05, 0.1) is 21.6 Å². The lowest BCUT2D eigenvalue weighted by atomic mass is 10.1. The van der Waals surface area contributed by atoms with E-state index in [-0.39, 0.29) is 11.3 Å². The Morgan fingerprint density at radius 2 is 1.88 bits per heavy atom. The van der Waals surface area contributed by atoms with Crippen LogP contribution in [0.4, 0.5) is 0 Å². The molecule has 0 fully saturated rings. The maximum Gasteiger partial charge on any atom is 0.292 e. The second-order valence-electron chi connectivity index (χ2n) is 5.17.